The van der Waals surface area contributed by atoms with Crippen LogP contribution >= 0.6 is 11.6 Å². The highest BCUT2D eigenvalue weighted by Gasteiger charge is 2.56. The normalized spacial score (nSPS) is 42.1. The van der Waals surface area contributed by atoms with Crippen molar-refractivity contribution in [3.63, 3.8) is 0 Å². The molecule has 4 saturated carbocycles. The van der Waals surface area contributed by atoms with Gasteiger partial charge < -0.3 is 10.4 Å². The van der Waals surface area contributed by atoms with Gasteiger partial charge >= 0.3 is 0 Å². The van der Waals surface area contributed by atoms with Gasteiger partial charge in [-0.3, -0.25) is 0 Å². The molecule has 2 unspecified atom stereocenters. The Morgan fingerprint density at radius 1 is 1.15 bits per heavy atom. The average molecular weight is 292 g/mol. The molecular formula is C17H22ClNO. The van der Waals surface area contributed by atoms with Crippen LogP contribution in [0.5, 0.6) is 0 Å². The summed E-state index contributed by atoms with van der Waals surface area (Å²) in [5.41, 5.74) is 0.923. The lowest BCUT2D eigenvalue weighted by Gasteiger charge is -2.60. The highest BCUT2D eigenvalue weighted by Crippen LogP contribution is 2.57. The van der Waals surface area contributed by atoms with E-state index in [4.69, 9.17) is 11.6 Å². The average Bonchev–Trinajstić information content (AvgIpc) is 2.35. The minimum absolute atomic E-state index is 0.151. The van der Waals surface area contributed by atoms with Crippen molar-refractivity contribution < 1.29 is 5.11 Å². The second-order valence-electron chi connectivity index (χ2n) is 7.41. The van der Waals surface area contributed by atoms with Crippen LogP contribution in [-0.2, 0) is 6.54 Å². The summed E-state index contributed by atoms with van der Waals surface area (Å²) in [7, 11) is 0. The van der Waals surface area contributed by atoms with Gasteiger partial charge in [-0.25, -0.2) is 0 Å². The molecule has 2 nitrogen and oxygen atoms in total. The van der Waals surface area contributed by atoms with Crippen LogP contribution in [0.25, 0.3) is 0 Å². The van der Waals surface area contributed by atoms with Crippen LogP contribution in [0.4, 0.5) is 0 Å². The number of aliphatic hydroxyl groups is 1. The third-order valence-corrected chi connectivity index (χ3v) is 6.01. The zero-order valence-electron chi connectivity index (χ0n) is 11.7. The van der Waals surface area contributed by atoms with E-state index in [-0.39, 0.29) is 5.54 Å². The van der Waals surface area contributed by atoms with Gasteiger partial charge in [-0.15, -0.1) is 0 Å². The van der Waals surface area contributed by atoms with Crippen molar-refractivity contribution in [1.29, 1.82) is 0 Å². The molecule has 4 atom stereocenters. The molecule has 4 aliphatic rings. The fraction of sp³-hybridized carbons (Fsp3) is 0.647. The van der Waals surface area contributed by atoms with Gasteiger partial charge in [0.25, 0.3) is 0 Å². The summed E-state index contributed by atoms with van der Waals surface area (Å²) in [5, 5.41) is 15.4. The van der Waals surface area contributed by atoms with Crippen LogP contribution < -0.4 is 5.32 Å². The van der Waals surface area contributed by atoms with Crippen LogP contribution in [0.15, 0.2) is 24.3 Å². The summed E-state index contributed by atoms with van der Waals surface area (Å²) in [4.78, 5) is 0. The van der Waals surface area contributed by atoms with E-state index in [1.54, 1.807) is 0 Å². The first-order valence-corrected chi connectivity index (χ1v) is 8.15. The maximum Gasteiger partial charge on any atom is 0.0670 e. The minimum atomic E-state index is -0.391. The molecule has 4 bridgehead atoms. The van der Waals surface area contributed by atoms with Gasteiger partial charge in [-0.1, -0.05) is 29.8 Å². The number of rotatable bonds is 3. The molecule has 0 spiro atoms. The van der Waals surface area contributed by atoms with Crippen molar-refractivity contribution in [3.8, 4) is 0 Å². The van der Waals surface area contributed by atoms with Gasteiger partial charge in [0.2, 0.25) is 0 Å². The van der Waals surface area contributed by atoms with Crippen molar-refractivity contribution in [1.82, 2.24) is 5.32 Å². The topological polar surface area (TPSA) is 32.3 Å². The van der Waals surface area contributed by atoms with Gasteiger partial charge in [0.15, 0.2) is 0 Å². The molecule has 0 heterocycles. The Kier molecular flexibility index (Phi) is 2.93. The van der Waals surface area contributed by atoms with Crippen LogP contribution in [-0.4, -0.2) is 16.2 Å². The first-order chi connectivity index (χ1) is 9.56. The van der Waals surface area contributed by atoms with Gasteiger partial charge in [0, 0.05) is 17.1 Å². The number of nitrogens with one attached hydrogen (secondary N) is 1. The summed E-state index contributed by atoms with van der Waals surface area (Å²) in [6.45, 7) is 0.815. The molecule has 1 aromatic carbocycles. The van der Waals surface area contributed by atoms with E-state index >= 15 is 0 Å². The summed E-state index contributed by atoms with van der Waals surface area (Å²) in [6.07, 6.45) is 6.78. The Labute approximate surface area is 125 Å². The van der Waals surface area contributed by atoms with Crippen molar-refractivity contribution >= 4 is 11.6 Å². The fourth-order valence-electron chi connectivity index (χ4n) is 5.35. The zero-order chi connectivity index (χ0) is 13.8. The SMILES string of the molecule is OC12C[C@H]3C[C@@H](C1)CC(NCc1ccccc1Cl)(C3)C2. The second kappa shape index (κ2) is 4.46. The maximum atomic E-state index is 10.8. The largest absolute Gasteiger partial charge is 0.390 e. The highest BCUT2D eigenvalue weighted by molar-refractivity contribution is 6.31. The van der Waals surface area contributed by atoms with Crippen LogP contribution in [0.2, 0.25) is 5.02 Å². The molecule has 4 fully saturated rings. The maximum absolute atomic E-state index is 10.8. The van der Waals surface area contributed by atoms with E-state index in [2.05, 4.69) is 11.4 Å². The third kappa shape index (κ3) is 2.18. The number of benzene rings is 1. The highest BCUT2D eigenvalue weighted by atomic mass is 35.5. The molecule has 0 saturated heterocycles. The lowest BCUT2D eigenvalue weighted by Crippen LogP contribution is -2.64. The van der Waals surface area contributed by atoms with Gasteiger partial charge in [0.1, 0.15) is 0 Å². The van der Waals surface area contributed by atoms with Crippen molar-refractivity contribution in [3.05, 3.63) is 34.9 Å². The van der Waals surface area contributed by atoms with E-state index in [0.29, 0.717) is 0 Å². The van der Waals surface area contributed by atoms with Crippen LogP contribution in [0.1, 0.15) is 44.1 Å². The summed E-state index contributed by atoms with van der Waals surface area (Å²) < 4.78 is 0. The van der Waals surface area contributed by atoms with E-state index in [0.717, 1.165) is 48.2 Å². The Morgan fingerprint density at radius 2 is 1.85 bits per heavy atom. The smallest absolute Gasteiger partial charge is 0.0670 e. The molecule has 0 radical (unpaired) electrons. The van der Waals surface area contributed by atoms with Gasteiger partial charge in [0.05, 0.1) is 5.60 Å². The van der Waals surface area contributed by atoms with Gasteiger partial charge in [-0.2, -0.15) is 0 Å². The van der Waals surface area contributed by atoms with Crippen molar-refractivity contribution in [2.75, 3.05) is 0 Å². The fourth-order valence-corrected chi connectivity index (χ4v) is 5.55. The molecule has 0 amide bonds. The molecule has 1 aromatic rings. The predicted octanol–water partition coefficient (Wildman–Crippen LogP) is 3.51. The Morgan fingerprint density at radius 3 is 2.50 bits per heavy atom. The standard InChI is InChI=1S/C17H22ClNO/c18-15-4-2-1-3-14(15)10-19-16-6-12-5-13(7-16)9-17(20,8-12)11-16/h1-4,12-13,19-20H,5-11H2/t12-,13+,16?,17?. The van der Waals surface area contributed by atoms with E-state index in [1.165, 1.54) is 19.3 Å². The molecule has 4 aliphatic carbocycles. The molecule has 0 aliphatic heterocycles. The molecule has 3 heteroatoms. The van der Waals surface area contributed by atoms with Crippen molar-refractivity contribution in [2.24, 2.45) is 11.8 Å². The second-order valence-corrected chi connectivity index (χ2v) is 7.82. The monoisotopic (exact) mass is 291 g/mol. The molecule has 108 valence electrons. The summed E-state index contributed by atoms with van der Waals surface area (Å²) in [5.74, 6) is 1.44. The number of hydrogen-bond donors (Lipinski definition) is 2. The predicted molar refractivity (Wildman–Crippen MR) is 80.7 cm³/mol. The molecule has 2 N–H and O–H groups in total. The Bertz CT molecular complexity index is 515. The number of halogens is 1. The molecule has 5 rings (SSSR count). The van der Waals surface area contributed by atoms with Crippen LogP contribution in [0, 0.1) is 11.8 Å². The Balaban J connectivity index is 1.53. The first kappa shape index (κ1) is 13.1. The zero-order valence-corrected chi connectivity index (χ0v) is 12.5. The van der Waals surface area contributed by atoms with Crippen molar-refractivity contribution in [2.45, 2.75) is 56.2 Å². The summed E-state index contributed by atoms with van der Waals surface area (Å²) in [6, 6.07) is 8.05. The lowest BCUT2D eigenvalue weighted by atomic mass is 9.51. The van der Waals surface area contributed by atoms with Gasteiger partial charge in [-0.05, 0) is 62.0 Å². The Hall–Kier alpha value is -0.570. The minimum Gasteiger partial charge on any atom is -0.390 e. The van der Waals surface area contributed by atoms with Crippen LogP contribution in [0.3, 0.4) is 0 Å². The number of hydrogen-bond acceptors (Lipinski definition) is 2. The van der Waals surface area contributed by atoms with E-state index < -0.39 is 5.60 Å². The molecule has 20 heavy (non-hydrogen) atoms. The third-order valence-electron chi connectivity index (χ3n) is 5.64. The first-order valence-electron chi connectivity index (χ1n) is 7.77. The molecular weight excluding hydrogens is 270 g/mol. The molecule has 0 aromatic heterocycles. The summed E-state index contributed by atoms with van der Waals surface area (Å²) >= 11 is 6.25. The van der Waals surface area contributed by atoms with E-state index in [9.17, 15) is 5.11 Å². The van der Waals surface area contributed by atoms with E-state index in [1.807, 2.05) is 18.2 Å². The lowest BCUT2D eigenvalue weighted by molar-refractivity contribution is -0.142. The quantitative estimate of drug-likeness (QED) is 0.893.